The first-order valence-corrected chi connectivity index (χ1v) is 13.5. The van der Waals surface area contributed by atoms with Crippen molar-refractivity contribution in [1.82, 2.24) is 15.0 Å². The van der Waals surface area contributed by atoms with E-state index in [0.717, 1.165) is 54.2 Å². The topological polar surface area (TPSA) is 53.3 Å². The number of hydrazine groups is 1. The van der Waals surface area contributed by atoms with Crippen molar-refractivity contribution >= 4 is 16.6 Å². The second-order valence-electron chi connectivity index (χ2n) is 9.74. The summed E-state index contributed by atoms with van der Waals surface area (Å²) < 4.78 is 15.6. The van der Waals surface area contributed by atoms with Crippen LogP contribution in [0.25, 0.3) is 22.3 Å². The van der Waals surface area contributed by atoms with E-state index in [9.17, 15) is 9.60 Å². The number of alkyl halides is 1. The molecule has 5 nitrogen and oxygen atoms in total. The number of nitrogens with zero attached hydrogens (tertiary/aromatic N) is 3. The lowest BCUT2D eigenvalue weighted by molar-refractivity contribution is 0.180. The molecule has 1 fully saturated rings. The van der Waals surface area contributed by atoms with E-state index in [1.807, 2.05) is 19.1 Å². The Morgan fingerprint density at radius 3 is 2.61 bits per heavy atom. The fourth-order valence-electron chi connectivity index (χ4n) is 5.08. The largest absolute Gasteiger partial charge is 0.335 e. The van der Waals surface area contributed by atoms with Crippen molar-refractivity contribution in [3.05, 3.63) is 47.7 Å². The molecule has 0 saturated heterocycles. The quantitative estimate of drug-likeness (QED) is 0.243. The van der Waals surface area contributed by atoms with Crippen LogP contribution >= 0.6 is 0 Å². The molecule has 36 heavy (non-hydrogen) atoms. The number of halogens is 1. The lowest BCUT2D eigenvalue weighted by Gasteiger charge is -2.27. The molecular weight excluding hydrogens is 451 g/mol. The zero-order valence-electron chi connectivity index (χ0n) is 21.9. The van der Waals surface area contributed by atoms with Gasteiger partial charge in [-0.3, -0.25) is 10.2 Å². The maximum atomic E-state index is 13.1. The Hall–Kier alpha value is -2.88. The molecule has 2 heterocycles. The van der Waals surface area contributed by atoms with Crippen LogP contribution < -0.4 is 10.6 Å². The van der Waals surface area contributed by atoms with Crippen molar-refractivity contribution in [3.63, 3.8) is 0 Å². The smallest absolute Gasteiger partial charge is 0.107 e. The number of unbranched alkanes of at least 4 members (excludes halogenated alkanes) is 1. The third-order valence-corrected chi connectivity index (χ3v) is 7.22. The Kier molecular flexibility index (Phi) is 9.01. The second-order valence-corrected chi connectivity index (χ2v) is 9.74. The summed E-state index contributed by atoms with van der Waals surface area (Å²) in [4.78, 5) is 4.79. The van der Waals surface area contributed by atoms with Crippen LogP contribution in [-0.4, -0.2) is 27.5 Å². The molecule has 2 N–H and O–H groups in total. The zero-order valence-corrected chi connectivity index (χ0v) is 21.9. The molecule has 1 aromatic carbocycles. The number of hydrogen-bond donors (Lipinski definition) is 2. The third-order valence-electron chi connectivity index (χ3n) is 7.22. The van der Waals surface area contributed by atoms with Crippen molar-refractivity contribution in [1.29, 1.82) is 0 Å². The second kappa shape index (κ2) is 12.4. The van der Waals surface area contributed by atoms with Crippen LogP contribution in [0.4, 0.5) is 10.1 Å². The standard InChI is InChI=1S/C30H39FN4O/c1-4-7-9-14-27-26-17-15-22(5-2)19-29(26)34(24-12-10-8-11-13-24)30(27)28-18-16-25(21-32-28)35(36)33-23(6-3)20-31/h15-19,21,23-24,33,36H,4-8,10-13,20H2,1-3H3. The number of rotatable bonds is 9. The number of benzene rings is 1. The molecule has 0 amide bonds. The fraction of sp³-hybridized carbons (Fsp3) is 0.500. The molecule has 0 spiro atoms. The van der Waals surface area contributed by atoms with E-state index < -0.39 is 12.7 Å². The summed E-state index contributed by atoms with van der Waals surface area (Å²) in [7, 11) is 0. The van der Waals surface area contributed by atoms with Gasteiger partial charge in [-0.1, -0.05) is 64.0 Å². The summed E-state index contributed by atoms with van der Waals surface area (Å²) in [5, 5.41) is 12.5. The lowest BCUT2D eigenvalue weighted by Crippen LogP contribution is -2.43. The van der Waals surface area contributed by atoms with E-state index in [0.29, 0.717) is 18.2 Å². The van der Waals surface area contributed by atoms with Gasteiger partial charge >= 0.3 is 0 Å². The van der Waals surface area contributed by atoms with Gasteiger partial charge in [0.2, 0.25) is 0 Å². The van der Waals surface area contributed by atoms with Crippen molar-refractivity contribution in [2.45, 2.75) is 90.6 Å². The molecule has 6 heteroatoms. The first kappa shape index (κ1) is 26.2. The van der Waals surface area contributed by atoms with Crippen LogP contribution in [0, 0.1) is 11.8 Å². The highest BCUT2D eigenvalue weighted by Gasteiger charge is 2.26. The molecule has 192 valence electrons. The van der Waals surface area contributed by atoms with Crippen molar-refractivity contribution in [3.8, 4) is 23.2 Å². The third kappa shape index (κ3) is 5.58. The van der Waals surface area contributed by atoms with Crippen molar-refractivity contribution in [2.75, 3.05) is 11.8 Å². The van der Waals surface area contributed by atoms with Gasteiger partial charge in [0.1, 0.15) is 12.4 Å². The summed E-state index contributed by atoms with van der Waals surface area (Å²) in [6, 6.07) is 10.5. The predicted octanol–water partition coefficient (Wildman–Crippen LogP) is 7.37. The zero-order chi connectivity index (χ0) is 25.5. The van der Waals surface area contributed by atoms with E-state index >= 15 is 0 Å². The highest BCUT2D eigenvalue weighted by atomic mass is 19.1. The minimum Gasteiger partial charge on any atom is -0.335 e. The molecule has 1 atom stereocenters. The summed E-state index contributed by atoms with van der Waals surface area (Å²) in [5.74, 6) is 6.88. The van der Waals surface area contributed by atoms with Crippen molar-refractivity contribution in [2.24, 2.45) is 0 Å². The first-order valence-electron chi connectivity index (χ1n) is 13.5. The van der Waals surface area contributed by atoms with Crippen molar-refractivity contribution < 1.29 is 9.60 Å². The van der Waals surface area contributed by atoms with E-state index in [-0.39, 0.29) is 0 Å². The molecule has 2 aromatic heterocycles. The van der Waals surface area contributed by atoms with E-state index in [1.54, 1.807) is 6.20 Å². The van der Waals surface area contributed by atoms with E-state index in [1.165, 1.54) is 35.7 Å². The average Bonchev–Trinajstić information content (AvgIpc) is 3.25. The molecule has 0 aliphatic heterocycles. The van der Waals surface area contributed by atoms with E-state index in [2.05, 4.69) is 53.9 Å². The van der Waals surface area contributed by atoms with E-state index in [4.69, 9.17) is 4.98 Å². The SMILES string of the molecule is CCCC#Cc1c(-c2ccc(N(O)NC(CC)CF)cn2)n(C2CCCCC2)c2cc(CC)ccc12. The monoisotopic (exact) mass is 490 g/mol. The van der Waals surface area contributed by atoms with Gasteiger partial charge in [-0.25, -0.2) is 9.82 Å². The molecule has 0 radical (unpaired) electrons. The number of aryl methyl sites for hydroxylation is 1. The Bertz CT molecular complexity index is 1200. The number of aromatic nitrogens is 2. The Balaban J connectivity index is 1.85. The number of pyridine rings is 1. The van der Waals surface area contributed by atoms with Crippen LogP contribution in [0.3, 0.4) is 0 Å². The molecule has 1 aliphatic rings. The number of fused-ring (bicyclic) bond motifs is 1. The first-order chi connectivity index (χ1) is 17.6. The van der Waals surface area contributed by atoms with Gasteiger partial charge in [0.25, 0.3) is 0 Å². The van der Waals surface area contributed by atoms with Crippen LogP contribution in [-0.2, 0) is 6.42 Å². The molecule has 1 unspecified atom stereocenters. The summed E-state index contributed by atoms with van der Waals surface area (Å²) in [5.41, 5.74) is 8.75. The molecule has 4 rings (SSSR count). The van der Waals surface area contributed by atoms with Crippen LogP contribution in [0.2, 0.25) is 0 Å². The van der Waals surface area contributed by atoms with Gasteiger partial charge in [0.05, 0.1) is 34.7 Å². The Morgan fingerprint density at radius 1 is 1.17 bits per heavy atom. The van der Waals surface area contributed by atoms with Gasteiger partial charge in [-0.15, -0.1) is 0 Å². The number of hydrogen-bond acceptors (Lipinski definition) is 4. The minimum absolute atomic E-state index is 0.414. The highest BCUT2D eigenvalue weighted by molar-refractivity contribution is 5.95. The normalized spacial score (nSPS) is 15.0. The molecule has 3 aromatic rings. The van der Waals surface area contributed by atoms with Crippen LogP contribution in [0.15, 0.2) is 36.5 Å². The van der Waals surface area contributed by atoms with Gasteiger partial charge < -0.3 is 4.57 Å². The highest BCUT2D eigenvalue weighted by Crippen LogP contribution is 2.40. The van der Waals surface area contributed by atoms with Gasteiger partial charge in [0.15, 0.2) is 0 Å². The predicted molar refractivity (Wildman–Crippen MR) is 146 cm³/mol. The fourth-order valence-corrected chi connectivity index (χ4v) is 5.08. The number of nitrogens with one attached hydrogen (secondary N) is 1. The summed E-state index contributed by atoms with van der Waals surface area (Å²) in [6.45, 7) is 5.66. The lowest BCUT2D eigenvalue weighted by atomic mass is 9.94. The molecular formula is C30H39FN4O. The summed E-state index contributed by atoms with van der Waals surface area (Å²) in [6.07, 6.45) is 11.1. The Labute approximate surface area is 214 Å². The van der Waals surface area contributed by atoms with Crippen LogP contribution in [0.1, 0.15) is 89.3 Å². The maximum Gasteiger partial charge on any atom is 0.107 e. The minimum atomic E-state index is -0.555. The summed E-state index contributed by atoms with van der Waals surface area (Å²) >= 11 is 0. The van der Waals surface area contributed by atoms with Gasteiger partial charge in [-0.2, -0.15) is 5.17 Å². The van der Waals surface area contributed by atoms with Gasteiger partial charge in [0, 0.05) is 17.8 Å². The molecule has 1 saturated carbocycles. The molecule has 0 bridgehead atoms. The maximum absolute atomic E-state index is 13.1. The van der Waals surface area contributed by atoms with Gasteiger partial charge in [-0.05, 0) is 55.9 Å². The molecule has 1 aliphatic carbocycles. The Morgan fingerprint density at radius 2 is 1.97 bits per heavy atom. The average molecular weight is 491 g/mol. The number of anilines is 1. The van der Waals surface area contributed by atoms with Crippen LogP contribution in [0.5, 0.6) is 0 Å².